The van der Waals surface area contributed by atoms with Crippen LogP contribution in [0.4, 0.5) is 34.6 Å². The fourth-order valence-corrected chi connectivity index (χ4v) is 4.23. The second-order valence-electron chi connectivity index (χ2n) is 7.77. The third kappa shape index (κ3) is 5.79. The summed E-state index contributed by atoms with van der Waals surface area (Å²) in [4.78, 5) is 12.9. The number of hydrogen-bond donors (Lipinski definition) is 2. The molecule has 0 fully saturated rings. The Morgan fingerprint density at radius 3 is 2.19 bits per heavy atom. The largest absolute Gasteiger partial charge is 0.755 e. The Morgan fingerprint density at radius 1 is 0.892 bits per heavy atom. The lowest BCUT2D eigenvalue weighted by molar-refractivity contribution is -0.137. The smallest absolute Gasteiger partial charge is 0.417 e. The molecule has 4 aromatic carbocycles. The van der Waals surface area contributed by atoms with E-state index < -0.39 is 46.0 Å². The molecule has 0 aliphatic rings. The summed E-state index contributed by atoms with van der Waals surface area (Å²) in [6, 6.07) is 19.3. The standard InChI is InChI=1S/C26H18F4N2O4S/c27-18-7-10-20(11-8-18)32(37(35)36)23-15-19(9-13-24(23)33)31-25(34)21-12-6-17(14-22(21)26(28,29)30)16-4-2-1-3-5-16/h1-15,33H,(H,31,34)(H,35,36)/p-1. The summed E-state index contributed by atoms with van der Waals surface area (Å²) in [5.74, 6) is -2.22. The van der Waals surface area contributed by atoms with E-state index in [1.165, 1.54) is 12.1 Å². The molecule has 37 heavy (non-hydrogen) atoms. The molecule has 4 rings (SSSR count). The number of alkyl halides is 3. The number of nitrogens with one attached hydrogen (secondary N) is 1. The predicted octanol–water partition coefficient (Wildman–Crippen LogP) is 6.40. The molecule has 0 aromatic heterocycles. The summed E-state index contributed by atoms with van der Waals surface area (Å²) in [5, 5.41) is 12.6. The van der Waals surface area contributed by atoms with Crippen LogP contribution < -0.4 is 9.62 Å². The molecular formula is C26H17F4N2O4S-. The lowest BCUT2D eigenvalue weighted by atomic mass is 9.98. The molecule has 0 spiro atoms. The zero-order chi connectivity index (χ0) is 26.7. The SMILES string of the molecule is O=C(Nc1ccc(O)c(N(c2ccc(F)cc2)S(=O)[O-])c1)c1ccc(-c2ccccc2)cc1C(F)(F)F. The Bertz CT molecular complexity index is 1460. The van der Waals surface area contributed by atoms with Crippen molar-refractivity contribution in [1.29, 1.82) is 0 Å². The van der Waals surface area contributed by atoms with E-state index in [1.807, 2.05) is 0 Å². The van der Waals surface area contributed by atoms with Crippen molar-refractivity contribution >= 4 is 34.2 Å². The quantitative estimate of drug-likeness (QED) is 0.172. The van der Waals surface area contributed by atoms with Crippen LogP contribution in [0.1, 0.15) is 15.9 Å². The van der Waals surface area contributed by atoms with Crippen molar-refractivity contribution in [3.05, 3.63) is 108 Å². The molecular weight excluding hydrogens is 512 g/mol. The number of benzene rings is 4. The zero-order valence-corrected chi connectivity index (χ0v) is 19.5. The monoisotopic (exact) mass is 529 g/mol. The minimum Gasteiger partial charge on any atom is -0.755 e. The van der Waals surface area contributed by atoms with Crippen LogP contribution in [-0.2, 0) is 17.4 Å². The average molecular weight is 529 g/mol. The van der Waals surface area contributed by atoms with E-state index in [1.54, 1.807) is 30.3 Å². The Balaban J connectivity index is 1.69. The summed E-state index contributed by atoms with van der Waals surface area (Å²) in [5.41, 5.74) is -1.42. The number of rotatable bonds is 6. The number of halogens is 4. The van der Waals surface area contributed by atoms with E-state index in [9.17, 15) is 36.2 Å². The number of phenols is 1. The van der Waals surface area contributed by atoms with Gasteiger partial charge in [0.25, 0.3) is 5.91 Å². The molecule has 1 amide bonds. The molecule has 0 radical (unpaired) electrons. The Hall–Kier alpha value is -4.22. The first-order valence-electron chi connectivity index (χ1n) is 10.6. The number of carbonyl (C=O) groups is 1. The van der Waals surface area contributed by atoms with Gasteiger partial charge in [-0.25, -0.2) is 4.39 Å². The van der Waals surface area contributed by atoms with Crippen LogP contribution >= 0.6 is 0 Å². The summed E-state index contributed by atoms with van der Waals surface area (Å²) >= 11 is -2.98. The highest BCUT2D eigenvalue weighted by Crippen LogP contribution is 2.38. The molecule has 0 saturated heterocycles. The van der Waals surface area contributed by atoms with Gasteiger partial charge in [0.15, 0.2) is 0 Å². The van der Waals surface area contributed by atoms with Gasteiger partial charge in [-0.15, -0.1) is 0 Å². The summed E-state index contributed by atoms with van der Waals surface area (Å²) in [6.45, 7) is 0. The summed E-state index contributed by atoms with van der Waals surface area (Å²) in [7, 11) is 0. The van der Waals surface area contributed by atoms with Crippen molar-refractivity contribution in [2.24, 2.45) is 0 Å². The molecule has 190 valence electrons. The third-order valence-electron chi connectivity index (χ3n) is 5.34. The first kappa shape index (κ1) is 25.9. The molecule has 0 heterocycles. The Labute approximate surface area is 211 Å². The summed E-state index contributed by atoms with van der Waals surface area (Å²) in [6.07, 6.45) is -4.84. The van der Waals surface area contributed by atoms with E-state index >= 15 is 0 Å². The molecule has 4 aromatic rings. The van der Waals surface area contributed by atoms with E-state index in [2.05, 4.69) is 5.32 Å². The van der Waals surface area contributed by atoms with Crippen molar-refractivity contribution < 1.29 is 36.2 Å². The van der Waals surface area contributed by atoms with Crippen LogP contribution in [0, 0.1) is 5.82 Å². The lowest BCUT2D eigenvalue weighted by Crippen LogP contribution is -2.21. The maximum absolute atomic E-state index is 13.9. The second-order valence-corrected chi connectivity index (χ2v) is 8.57. The first-order chi connectivity index (χ1) is 17.5. The molecule has 6 nitrogen and oxygen atoms in total. The predicted molar refractivity (Wildman–Crippen MR) is 130 cm³/mol. The van der Waals surface area contributed by atoms with Crippen molar-refractivity contribution in [1.82, 2.24) is 0 Å². The topological polar surface area (TPSA) is 92.7 Å². The number of anilines is 3. The summed E-state index contributed by atoms with van der Waals surface area (Å²) < 4.78 is 79.3. The van der Waals surface area contributed by atoms with Crippen LogP contribution in [0.5, 0.6) is 5.75 Å². The average Bonchev–Trinajstić information content (AvgIpc) is 2.86. The minimum atomic E-state index is -4.84. The van der Waals surface area contributed by atoms with Gasteiger partial charge in [-0.1, -0.05) is 36.4 Å². The van der Waals surface area contributed by atoms with Crippen LogP contribution in [0.25, 0.3) is 11.1 Å². The van der Waals surface area contributed by atoms with E-state index in [4.69, 9.17) is 0 Å². The van der Waals surface area contributed by atoms with Crippen molar-refractivity contribution in [3.63, 3.8) is 0 Å². The molecule has 11 heteroatoms. The molecule has 0 bridgehead atoms. The number of hydrogen-bond acceptors (Lipinski definition) is 4. The van der Waals surface area contributed by atoms with Gasteiger partial charge in [-0.3, -0.25) is 13.3 Å². The molecule has 2 N–H and O–H groups in total. The van der Waals surface area contributed by atoms with Gasteiger partial charge >= 0.3 is 6.18 Å². The second kappa shape index (κ2) is 10.4. The minimum absolute atomic E-state index is 0.0237. The highest BCUT2D eigenvalue weighted by atomic mass is 32.2. The van der Waals surface area contributed by atoms with Gasteiger partial charge in [-0.05, 0) is 65.7 Å². The van der Waals surface area contributed by atoms with Crippen LogP contribution in [0.3, 0.4) is 0 Å². The molecule has 0 aliphatic heterocycles. The van der Waals surface area contributed by atoms with Crippen molar-refractivity contribution in [2.45, 2.75) is 6.18 Å². The van der Waals surface area contributed by atoms with Crippen LogP contribution in [0.2, 0.25) is 0 Å². The van der Waals surface area contributed by atoms with Crippen molar-refractivity contribution in [2.75, 3.05) is 9.62 Å². The van der Waals surface area contributed by atoms with Gasteiger partial charge < -0.3 is 15.0 Å². The maximum atomic E-state index is 13.9. The number of carbonyl (C=O) groups excluding carboxylic acids is 1. The fraction of sp³-hybridized carbons (Fsp3) is 0.0385. The molecule has 1 atom stereocenters. The molecule has 0 saturated carbocycles. The Kier molecular flexibility index (Phi) is 7.28. The van der Waals surface area contributed by atoms with E-state index in [0.29, 0.717) is 9.87 Å². The normalized spacial score (nSPS) is 12.1. The zero-order valence-electron chi connectivity index (χ0n) is 18.7. The molecule has 0 aliphatic carbocycles. The number of amides is 1. The highest BCUT2D eigenvalue weighted by Gasteiger charge is 2.35. The number of phenolic OH excluding ortho intramolecular Hbond substituents is 1. The first-order valence-corrected chi connectivity index (χ1v) is 11.6. The highest BCUT2D eigenvalue weighted by molar-refractivity contribution is 7.81. The van der Waals surface area contributed by atoms with Gasteiger partial charge in [0.05, 0.1) is 33.8 Å². The van der Waals surface area contributed by atoms with E-state index in [-0.39, 0.29) is 22.6 Å². The fourth-order valence-electron chi connectivity index (χ4n) is 3.63. The van der Waals surface area contributed by atoms with Crippen molar-refractivity contribution in [3.8, 4) is 16.9 Å². The number of aromatic hydroxyl groups is 1. The lowest BCUT2D eigenvalue weighted by Gasteiger charge is -2.27. The van der Waals surface area contributed by atoms with Gasteiger partial charge in [0.2, 0.25) is 0 Å². The molecule has 1 unspecified atom stereocenters. The van der Waals surface area contributed by atoms with Gasteiger partial charge in [0, 0.05) is 5.69 Å². The third-order valence-corrected chi connectivity index (χ3v) is 6.04. The van der Waals surface area contributed by atoms with Crippen LogP contribution in [-0.4, -0.2) is 19.8 Å². The van der Waals surface area contributed by atoms with E-state index in [0.717, 1.165) is 48.5 Å². The Morgan fingerprint density at radius 2 is 1.57 bits per heavy atom. The number of nitrogens with zero attached hydrogens (tertiary/aromatic N) is 1. The maximum Gasteiger partial charge on any atom is 0.417 e. The van der Waals surface area contributed by atoms with Gasteiger partial charge in [0.1, 0.15) is 11.6 Å². The van der Waals surface area contributed by atoms with Crippen LogP contribution in [0.15, 0.2) is 91.0 Å². The van der Waals surface area contributed by atoms with Gasteiger partial charge in [-0.2, -0.15) is 13.2 Å².